The minimum atomic E-state index is -3.17. The van der Waals surface area contributed by atoms with Crippen molar-refractivity contribution in [2.24, 2.45) is 0 Å². The summed E-state index contributed by atoms with van der Waals surface area (Å²) in [5, 5.41) is 0. The van der Waals surface area contributed by atoms with Crippen LogP contribution in [0.2, 0.25) is 0 Å². The van der Waals surface area contributed by atoms with Crippen LogP contribution in [0.1, 0.15) is 13.3 Å². The van der Waals surface area contributed by atoms with Gasteiger partial charge in [-0.3, -0.25) is 9.05 Å². The van der Waals surface area contributed by atoms with Crippen molar-refractivity contribution in [3.8, 4) is 0 Å². The van der Waals surface area contributed by atoms with E-state index in [0.717, 1.165) is 6.42 Å². The molecule has 0 amide bonds. The largest absolute Gasteiger partial charge is 0.424 e. The fourth-order valence-corrected chi connectivity index (χ4v) is 2.16. The number of halogens is 1. The lowest BCUT2D eigenvalue weighted by Gasteiger charge is -2.22. The van der Waals surface area contributed by atoms with E-state index in [1.54, 1.807) is 0 Å². The van der Waals surface area contributed by atoms with Gasteiger partial charge >= 0.3 is 6.95 Å². The van der Waals surface area contributed by atoms with Gasteiger partial charge in [-0.05, 0) is 13.3 Å². The first-order valence-electron chi connectivity index (χ1n) is 2.73. The zero-order valence-corrected chi connectivity index (χ0v) is 6.69. The van der Waals surface area contributed by atoms with E-state index in [0.29, 0.717) is 6.61 Å². The van der Waals surface area contributed by atoms with Crippen LogP contribution in [-0.2, 0) is 13.6 Å². The van der Waals surface area contributed by atoms with Crippen LogP contribution in [0.25, 0.3) is 0 Å². The third-order valence-corrected chi connectivity index (χ3v) is 2.71. The molecule has 0 aliphatic carbocycles. The van der Waals surface area contributed by atoms with E-state index in [2.05, 4.69) is 4.52 Å². The minimum Gasteiger partial charge on any atom is -0.297 e. The average molecular weight is 171 g/mol. The molecule has 0 unspecified atom stereocenters. The smallest absolute Gasteiger partial charge is 0.297 e. The van der Waals surface area contributed by atoms with Crippen molar-refractivity contribution in [1.29, 1.82) is 0 Å². The van der Waals surface area contributed by atoms with Crippen LogP contribution in [0, 0.1) is 0 Å². The molecule has 5 heteroatoms. The fraction of sp³-hybridized carbons (Fsp3) is 1.00. The molecule has 0 aromatic heterocycles. The van der Waals surface area contributed by atoms with Gasteiger partial charge < -0.3 is 0 Å². The molecule has 0 bridgehead atoms. The second kappa shape index (κ2) is 2.59. The zero-order valence-electron chi connectivity index (χ0n) is 5.04. The SMILES string of the molecule is C[C@@H]1CCO[P@@](=O)(Cl)O1. The highest BCUT2D eigenvalue weighted by molar-refractivity contribution is 7.81. The second-order valence-corrected chi connectivity index (χ2v) is 4.54. The molecule has 1 fully saturated rings. The summed E-state index contributed by atoms with van der Waals surface area (Å²) in [4.78, 5) is 0. The summed E-state index contributed by atoms with van der Waals surface area (Å²) < 4.78 is 20.2. The van der Waals surface area contributed by atoms with Gasteiger partial charge in [0.15, 0.2) is 0 Å². The predicted molar refractivity (Wildman–Crippen MR) is 34.6 cm³/mol. The van der Waals surface area contributed by atoms with Crippen molar-refractivity contribution in [1.82, 2.24) is 0 Å². The fourth-order valence-electron chi connectivity index (χ4n) is 0.626. The van der Waals surface area contributed by atoms with Gasteiger partial charge in [-0.25, -0.2) is 4.57 Å². The van der Waals surface area contributed by atoms with Crippen molar-refractivity contribution < 1.29 is 13.6 Å². The Morgan fingerprint density at radius 2 is 2.44 bits per heavy atom. The first-order chi connectivity index (χ1) is 4.10. The number of rotatable bonds is 0. The van der Waals surface area contributed by atoms with E-state index in [4.69, 9.17) is 15.8 Å². The van der Waals surface area contributed by atoms with Gasteiger partial charge in [0.25, 0.3) is 0 Å². The van der Waals surface area contributed by atoms with Gasteiger partial charge in [0.05, 0.1) is 12.7 Å². The van der Waals surface area contributed by atoms with Gasteiger partial charge in [-0.15, -0.1) is 0 Å². The molecule has 0 aromatic carbocycles. The standard InChI is InChI=1S/C4H8ClO3P/c1-4-2-3-7-9(5,6)8-4/h4H,2-3H2,1H3/t4-,9+/m1/s1. The van der Waals surface area contributed by atoms with E-state index in [1.165, 1.54) is 0 Å². The van der Waals surface area contributed by atoms with Crippen molar-refractivity contribution in [3.63, 3.8) is 0 Å². The monoisotopic (exact) mass is 170 g/mol. The van der Waals surface area contributed by atoms with Crippen LogP contribution >= 0.6 is 18.2 Å². The Balaban J connectivity index is 2.51. The van der Waals surface area contributed by atoms with Gasteiger partial charge in [0.2, 0.25) is 0 Å². The maximum absolute atomic E-state index is 10.8. The van der Waals surface area contributed by atoms with Crippen LogP contribution in [0.15, 0.2) is 0 Å². The molecule has 1 heterocycles. The third kappa shape index (κ3) is 2.26. The molecular formula is C4H8ClO3P. The Kier molecular flexibility index (Phi) is 2.17. The maximum atomic E-state index is 10.8. The molecule has 2 atom stereocenters. The molecule has 0 aromatic rings. The summed E-state index contributed by atoms with van der Waals surface area (Å²) >= 11 is 5.28. The molecule has 0 N–H and O–H groups in total. The lowest BCUT2D eigenvalue weighted by molar-refractivity contribution is 0.103. The van der Waals surface area contributed by atoms with E-state index in [-0.39, 0.29) is 6.10 Å². The molecule has 9 heavy (non-hydrogen) atoms. The summed E-state index contributed by atoms with van der Waals surface area (Å²) in [5.41, 5.74) is 0. The number of hydrogen-bond donors (Lipinski definition) is 0. The second-order valence-electron chi connectivity index (χ2n) is 1.97. The Bertz CT molecular complexity index is 149. The highest BCUT2D eigenvalue weighted by atomic mass is 35.7. The van der Waals surface area contributed by atoms with Crippen LogP contribution in [-0.4, -0.2) is 12.7 Å². The van der Waals surface area contributed by atoms with Crippen molar-refractivity contribution in [2.75, 3.05) is 6.61 Å². The molecular weight excluding hydrogens is 162 g/mol. The van der Waals surface area contributed by atoms with Crippen LogP contribution in [0.5, 0.6) is 0 Å². The van der Waals surface area contributed by atoms with Crippen LogP contribution in [0.4, 0.5) is 0 Å². The van der Waals surface area contributed by atoms with Gasteiger partial charge in [-0.2, -0.15) is 0 Å². The van der Waals surface area contributed by atoms with Crippen LogP contribution in [0.3, 0.4) is 0 Å². The van der Waals surface area contributed by atoms with Crippen molar-refractivity contribution in [2.45, 2.75) is 19.4 Å². The van der Waals surface area contributed by atoms with Gasteiger partial charge in [0.1, 0.15) is 0 Å². The number of hydrogen-bond acceptors (Lipinski definition) is 3. The highest BCUT2D eigenvalue weighted by Gasteiger charge is 2.28. The summed E-state index contributed by atoms with van der Waals surface area (Å²) in [6, 6.07) is 0. The lowest BCUT2D eigenvalue weighted by atomic mass is 10.3. The molecule has 3 nitrogen and oxygen atoms in total. The lowest BCUT2D eigenvalue weighted by Crippen LogP contribution is -2.14. The van der Waals surface area contributed by atoms with Crippen molar-refractivity contribution in [3.05, 3.63) is 0 Å². The quantitative estimate of drug-likeness (QED) is 0.523. The Morgan fingerprint density at radius 3 is 2.78 bits per heavy atom. The Labute approximate surface area is 58.6 Å². The van der Waals surface area contributed by atoms with E-state index in [9.17, 15) is 4.57 Å². The maximum Gasteiger partial charge on any atom is 0.424 e. The molecule has 1 aliphatic heterocycles. The molecule has 54 valence electrons. The zero-order chi connectivity index (χ0) is 6.91. The molecule has 1 aliphatic rings. The molecule has 0 saturated carbocycles. The highest BCUT2D eigenvalue weighted by Crippen LogP contribution is 2.56. The van der Waals surface area contributed by atoms with Gasteiger partial charge in [0, 0.05) is 11.2 Å². The predicted octanol–water partition coefficient (Wildman–Crippen LogP) is 2.16. The minimum absolute atomic E-state index is 0.0397. The third-order valence-electron chi connectivity index (χ3n) is 1.08. The Morgan fingerprint density at radius 1 is 1.78 bits per heavy atom. The summed E-state index contributed by atoms with van der Waals surface area (Å²) in [6.07, 6.45) is 0.721. The van der Waals surface area contributed by atoms with Crippen LogP contribution < -0.4 is 0 Å². The Hall–Kier alpha value is 0.440. The normalized spacial score (nSPS) is 44.9. The molecule has 0 spiro atoms. The first-order valence-corrected chi connectivity index (χ1v) is 5.17. The molecule has 1 saturated heterocycles. The van der Waals surface area contributed by atoms with E-state index in [1.807, 2.05) is 6.92 Å². The summed E-state index contributed by atoms with van der Waals surface area (Å²) in [5.74, 6) is 0. The van der Waals surface area contributed by atoms with E-state index >= 15 is 0 Å². The van der Waals surface area contributed by atoms with Gasteiger partial charge in [-0.1, -0.05) is 0 Å². The molecule has 0 radical (unpaired) electrons. The first kappa shape index (κ1) is 7.55. The average Bonchev–Trinajstić information content (AvgIpc) is 1.60. The summed E-state index contributed by atoms with van der Waals surface area (Å²) in [7, 11) is 0. The van der Waals surface area contributed by atoms with Crippen molar-refractivity contribution >= 4 is 18.2 Å². The topological polar surface area (TPSA) is 35.5 Å². The summed E-state index contributed by atoms with van der Waals surface area (Å²) in [6.45, 7) is -0.921. The van der Waals surface area contributed by atoms with E-state index < -0.39 is 6.95 Å². The molecule has 1 rings (SSSR count).